The molecule has 1 aromatic rings. The molecule has 0 bridgehead atoms. The van der Waals surface area contributed by atoms with E-state index < -0.39 is 9.84 Å². The fourth-order valence-electron chi connectivity index (χ4n) is 3.38. The number of rotatable bonds is 3. The molecule has 2 saturated heterocycles. The lowest BCUT2D eigenvalue weighted by molar-refractivity contribution is -0.132. The maximum atomic E-state index is 12.4. The lowest BCUT2D eigenvalue weighted by atomic mass is 10.0. The Morgan fingerprint density at radius 3 is 2.65 bits per heavy atom. The van der Waals surface area contributed by atoms with Crippen molar-refractivity contribution >= 4 is 21.6 Å². The maximum absolute atomic E-state index is 12.4. The van der Waals surface area contributed by atoms with Gasteiger partial charge in [0, 0.05) is 38.8 Å². The Morgan fingerprint density at radius 2 is 2.00 bits per heavy atom. The van der Waals surface area contributed by atoms with Crippen LogP contribution >= 0.6 is 0 Å². The summed E-state index contributed by atoms with van der Waals surface area (Å²) in [4.78, 5) is 20.8. The SMILES string of the molecule is O=C(CC1CCCS(=O)(=O)C1)N1CCN(c2ccccn2)CC1. The van der Waals surface area contributed by atoms with Crippen molar-refractivity contribution in [2.24, 2.45) is 5.92 Å². The Labute approximate surface area is 137 Å². The first-order chi connectivity index (χ1) is 11.0. The number of aromatic nitrogens is 1. The second-order valence-electron chi connectivity index (χ2n) is 6.38. The molecule has 0 aromatic carbocycles. The lowest BCUT2D eigenvalue weighted by Gasteiger charge is -2.36. The molecule has 6 nitrogen and oxygen atoms in total. The molecule has 1 atom stereocenters. The van der Waals surface area contributed by atoms with Crippen molar-refractivity contribution < 1.29 is 13.2 Å². The van der Waals surface area contributed by atoms with Gasteiger partial charge in [0.15, 0.2) is 9.84 Å². The number of nitrogens with zero attached hydrogens (tertiary/aromatic N) is 3. The molecule has 1 amide bonds. The predicted octanol–water partition coefficient (Wildman–Crippen LogP) is 0.945. The fraction of sp³-hybridized carbons (Fsp3) is 0.625. The van der Waals surface area contributed by atoms with Crippen molar-refractivity contribution in [1.29, 1.82) is 0 Å². The Morgan fingerprint density at radius 1 is 1.22 bits per heavy atom. The minimum absolute atomic E-state index is 0.00457. The van der Waals surface area contributed by atoms with Crippen molar-refractivity contribution in [3.05, 3.63) is 24.4 Å². The smallest absolute Gasteiger partial charge is 0.223 e. The molecule has 7 heteroatoms. The van der Waals surface area contributed by atoms with Crippen molar-refractivity contribution in [2.45, 2.75) is 19.3 Å². The van der Waals surface area contributed by atoms with Crippen LogP contribution in [0.3, 0.4) is 0 Å². The van der Waals surface area contributed by atoms with Gasteiger partial charge in [-0.15, -0.1) is 0 Å². The standard InChI is InChI=1S/C16H23N3O3S/c20-16(12-14-4-3-11-23(21,22)13-14)19-9-7-18(8-10-19)15-5-1-2-6-17-15/h1-2,5-6,14H,3-4,7-13H2. The van der Waals surface area contributed by atoms with Gasteiger partial charge in [0.2, 0.25) is 5.91 Å². The summed E-state index contributed by atoms with van der Waals surface area (Å²) in [5.41, 5.74) is 0. The van der Waals surface area contributed by atoms with E-state index in [0.717, 1.165) is 25.3 Å². The number of hydrogen-bond donors (Lipinski definition) is 0. The molecule has 0 saturated carbocycles. The van der Waals surface area contributed by atoms with Crippen LogP contribution in [-0.2, 0) is 14.6 Å². The third kappa shape index (κ3) is 4.22. The Kier molecular flexibility index (Phi) is 4.84. The molecule has 0 radical (unpaired) electrons. The van der Waals surface area contributed by atoms with Gasteiger partial charge in [0.05, 0.1) is 11.5 Å². The summed E-state index contributed by atoms with van der Waals surface area (Å²) in [5.74, 6) is 1.48. The van der Waals surface area contributed by atoms with E-state index in [-0.39, 0.29) is 23.3 Å². The van der Waals surface area contributed by atoms with Crippen molar-refractivity contribution in [3.8, 4) is 0 Å². The number of hydrogen-bond acceptors (Lipinski definition) is 5. The van der Waals surface area contributed by atoms with Gasteiger partial charge in [-0.1, -0.05) is 6.07 Å². The van der Waals surface area contributed by atoms with Gasteiger partial charge in [0.1, 0.15) is 5.82 Å². The molecule has 0 spiro atoms. The summed E-state index contributed by atoms with van der Waals surface area (Å²) in [6, 6.07) is 5.83. The number of carbonyl (C=O) groups excluding carboxylic acids is 1. The average Bonchev–Trinajstić information content (AvgIpc) is 2.55. The van der Waals surface area contributed by atoms with Crippen LogP contribution in [0.15, 0.2) is 24.4 Å². The number of pyridine rings is 1. The zero-order chi connectivity index (χ0) is 16.3. The van der Waals surface area contributed by atoms with E-state index in [1.165, 1.54) is 0 Å². The zero-order valence-corrected chi connectivity index (χ0v) is 14.0. The van der Waals surface area contributed by atoms with E-state index in [1.807, 2.05) is 23.1 Å². The molecule has 0 N–H and O–H groups in total. The summed E-state index contributed by atoms with van der Waals surface area (Å²) in [7, 11) is -2.94. The number of anilines is 1. The second-order valence-corrected chi connectivity index (χ2v) is 8.61. The number of amides is 1. The largest absolute Gasteiger partial charge is 0.353 e. The highest BCUT2D eigenvalue weighted by Crippen LogP contribution is 2.22. The predicted molar refractivity (Wildman–Crippen MR) is 89.0 cm³/mol. The zero-order valence-electron chi connectivity index (χ0n) is 13.2. The number of sulfone groups is 1. The Bertz CT molecular complexity index is 640. The Balaban J connectivity index is 1.50. The monoisotopic (exact) mass is 337 g/mol. The van der Waals surface area contributed by atoms with E-state index in [1.54, 1.807) is 6.20 Å². The molecule has 2 fully saturated rings. The van der Waals surface area contributed by atoms with Gasteiger partial charge in [-0.2, -0.15) is 0 Å². The molecule has 2 aliphatic heterocycles. The van der Waals surface area contributed by atoms with E-state index >= 15 is 0 Å². The molecular formula is C16H23N3O3S. The number of piperazine rings is 1. The van der Waals surface area contributed by atoms with E-state index in [0.29, 0.717) is 25.9 Å². The summed E-state index contributed by atoms with van der Waals surface area (Å²) in [6.07, 6.45) is 3.67. The topological polar surface area (TPSA) is 70.6 Å². The summed E-state index contributed by atoms with van der Waals surface area (Å²) >= 11 is 0. The van der Waals surface area contributed by atoms with Crippen LogP contribution < -0.4 is 4.90 Å². The van der Waals surface area contributed by atoms with Crippen molar-refractivity contribution in [1.82, 2.24) is 9.88 Å². The average molecular weight is 337 g/mol. The second kappa shape index (κ2) is 6.86. The van der Waals surface area contributed by atoms with Crippen LogP contribution in [0.25, 0.3) is 0 Å². The summed E-state index contributed by atoms with van der Waals surface area (Å²) in [5, 5.41) is 0. The van der Waals surface area contributed by atoms with E-state index in [4.69, 9.17) is 0 Å². The van der Waals surface area contributed by atoms with Gasteiger partial charge in [-0.3, -0.25) is 4.79 Å². The van der Waals surface area contributed by atoms with Crippen LogP contribution in [-0.4, -0.2) is 61.9 Å². The summed E-state index contributed by atoms with van der Waals surface area (Å²) in [6.45, 7) is 2.89. The van der Waals surface area contributed by atoms with E-state index in [2.05, 4.69) is 9.88 Å². The van der Waals surface area contributed by atoms with Crippen molar-refractivity contribution in [2.75, 3.05) is 42.6 Å². The van der Waals surface area contributed by atoms with Crippen molar-refractivity contribution in [3.63, 3.8) is 0 Å². The maximum Gasteiger partial charge on any atom is 0.223 e. The van der Waals surface area contributed by atoms with Crippen LogP contribution in [0.4, 0.5) is 5.82 Å². The van der Waals surface area contributed by atoms with Gasteiger partial charge >= 0.3 is 0 Å². The normalized spacial score (nSPS) is 24.4. The fourth-order valence-corrected chi connectivity index (χ4v) is 5.16. The highest BCUT2D eigenvalue weighted by atomic mass is 32.2. The highest BCUT2D eigenvalue weighted by Gasteiger charge is 2.29. The molecular weight excluding hydrogens is 314 g/mol. The first kappa shape index (κ1) is 16.2. The van der Waals surface area contributed by atoms with Crippen LogP contribution in [0, 0.1) is 5.92 Å². The molecule has 1 unspecified atom stereocenters. The molecule has 3 rings (SSSR count). The lowest BCUT2D eigenvalue weighted by Crippen LogP contribution is -2.49. The molecule has 126 valence electrons. The molecule has 23 heavy (non-hydrogen) atoms. The molecule has 1 aromatic heterocycles. The van der Waals surface area contributed by atoms with Gasteiger partial charge < -0.3 is 9.80 Å². The molecule has 0 aliphatic carbocycles. The van der Waals surface area contributed by atoms with E-state index in [9.17, 15) is 13.2 Å². The minimum atomic E-state index is -2.94. The molecule has 3 heterocycles. The third-order valence-corrected chi connectivity index (χ3v) is 6.52. The van der Waals surface area contributed by atoms with Crippen LogP contribution in [0.5, 0.6) is 0 Å². The quantitative estimate of drug-likeness (QED) is 0.821. The molecule has 2 aliphatic rings. The highest BCUT2D eigenvalue weighted by molar-refractivity contribution is 7.91. The Hall–Kier alpha value is -1.63. The van der Waals surface area contributed by atoms with Gasteiger partial charge in [0.25, 0.3) is 0 Å². The summed E-state index contributed by atoms with van der Waals surface area (Å²) < 4.78 is 23.4. The number of carbonyl (C=O) groups is 1. The van der Waals surface area contributed by atoms with Gasteiger partial charge in [-0.05, 0) is 30.9 Å². The van der Waals surface area contributed by atoms with Crippen LogP contribution in [0.2, 0.25) is 0 Å². The van der Waals surface area contributed by atoms with Gasteiger partial charge in [-0.25, -0.2) is 13.4 Å². The third-order valence-electron chi connectivity index (χ3n) is 4.63. The first-order valence-electron chi connectivity index (χ1n) is 8.18. The van der Waals surface area contributed by atoms with Crippen LogP contribution in [0.1, 0.15) is 19.3 Å². The minimum Gasteiger partial charge on any atom is -0.353 e. The first-order valence-corrected chi connectivity index (χ1v) is 10.00.